The summed E-state index contributed by atoms with van der Waals surface area (Å²) < 4.78 is 0. The molecule has 5 N–H and O–H groups in total. The van der Waals surface area contributed by atoms with Crippen LogP contribution < -0.4 is 11.1 Å². The Hall–Kier alpha value is -0.550. The summed E-state index contributed by atoms with van der Waals surface area (Å²) in [6, 6.07) is 0. The van der Waals surface area contributed by atoms with Gasteiger partial charge in [-0.1, -0.05) is 19.3 Å². The highest BCUT2D eigenvalue weighted by molar-refractivity contribution is 7.65. The average Bonchev–Trinajstić information content (AvgIpc) is 2.36. The van der Waals surface area contributed by atoms with E-state index < -0.39 is 13.6 Å². The second-order valence-corrected chi connectivity index (χ2v) is 7.68. The van der Waals surface area contributed by atoms with Crippen molar-refractivity contribution in [3.8, 4) is 0 Å². The van der Waals surface area contributed by atoms with Crippen LogP contribution in [0.4, 0.5) is 0 Å². The van der Waals surface area contributed by atoms with E-state index >= 15 is 0 Å². The van der Waals surface area contributed by atoms with Crippen molar-refractivity contribution in [2.45, 2.75) is 32.1 Å². The van der Waals surface area contributed by atoms with Crippen LogP contribution in [0.3, 0.4) is 0 Å². The van der Waals surface area contributed by atoms with Gasteiger partial charge in [0.1, 0.15) is 6.16 Å². The van der Waals surface area contributed by atoms with Gasteiger partial charge in [0.15, 0.2) is 11.9 Å². The highest BCUT2D eigenvalue weighted by Crippen LogP contribution is 2.52. The van der Waals surface area contributed by atoms with E-state index in [9.17, 15) is 19.4 Å². The zero-order valence-corrected chi connectivity index (χ0v) is 12.1. The summed E-state index contributed by atoms with van der Waals surface area (Å²) in [6.45, 7) is -0.350. The Morgan fingerprint density at radius 1 is 1.21 bits per heavy atom. The Balaban J connectivity index is 2.31. The molecule has 1 rings (SSSR count). The second kappa shape index (κ2) is 7.90. The molecule has 0 aliphatic heterocycles. The molecule has 0 aromatic carbocycles. The van der Waals surface area contributed by atoms with E-state index in [1.807, 2.05) is 0 Å². The summed E-state index contributed by atoms with van der Waals surface area (Å²) >= 11 is 0. The third kappa shape index (κ3) is 6.97. The normalized spacial score (nSPS) is 17.2. The molecule has 0 radical (unpaired) electrons. The summed E-state index contributed by atoms with van der Waals surface area (Å²) in [5.41, 5.74) is 5.09. The van der Waals surface area contributed by atoms with E-state index in [0.29, 0.717) is 12.1 Å². The van der Waals surface area contributed by atoms with Gasteiger partial charge in [0.25, 0.3) is 7.72 Å². The third-order valence-corrected chi connectivity index (χ3v) is 5.33. The minimum absolute atomic E-state index is 0.173. The smallest absolute Gasteiger partial charge is 0.275 e. The van der Waals surface area contributed by atoms with Gasteiger partial charge in [0.05, 0.1) is 13.1 Å². The van der Waals surface area contributed by atoms with Gasteiger partial charge in [0, 0.05) is 0 Å². The summed E-state index contributed by atoms with van der Waals surface area (Å²) in [4.78, 5) is 42.4. The first-order chi connectivity index (χ1) is 8.93. The van der Waals surface area contributed by atoms with Crippen LogP contribution in [0.5, 0.6) is 0 Å². The number of nitrogens with one attached hydrogen (secondary N) is 1. The van der Waals surface area contributed by atoms with Crippen LogP contribution in [0, 0.1) is 5.92 Å². The second-order valence-electron chi connectivity index (χ2n) is 5.24. The van der Waals surface area contributed by atoms with Crippen LogP contribution in [0.25, 0.3) is 0 Å². The number of ketones is 1. The van der Waals surface area contributed by atoms with Crippen molar-refractivity contribution >= 4 is 19.4 Å². The van der Waals surface area contributed by atoms with Crippen molar-refractivity contribution in [3.63, 3.8) is 0 Å². The van der Waals surface area contributed by atoms with Crippen LogP contribution >= 0.6 is 7.72 Å². The molecule has 0 atom stereocenters. The minimum atomic E-state index is -3.17. The summed E-state index contributed by atoms with van der Waals surface area (Å²) in [5, 5.41) is 2.34. The van der Waals surface area contributed by atoms with E-state index in [-0.39, 0.29) is 25.0 Å². The molecule has 1 aliphatic rings. The lowest BCUT2D eigenvalue weighted by Gasteiger charge is -2.23. The number of Topliss-reactive ketones (excluding diaryl/α,β-unsaturated/α-hetero) is 1. The van der Waals surface area contributed by atoms with Gasteiger partial charge < -0.3 is 11.1 Å². The molecule has 0 bridgehead atoms. The molecule has 0 heterocycles. The Kier molecular flexibility index (Phi) is 6.86. The van der Waals surface area contributed by atoms with Crippen LogP contribution in [0.1, 0.15) is 32.1 Å². The zero-order valence-electron chi connectivity index (χ0n) is 11.2. The van der Waals surface area contributed by atoms with Crippen LogP contribution in [0.2, 0.25) is 0 Å². The van der Waals surface area contributed by atoms with Crippen molar-refractivity contribution < 1.29 is 19.4 Å². The lowest BCUT2D eigenvalue weighted by atomic mass is 9.91. The van der Waals surface area contributed by atoms with E-state index in [1.165, 1.54) is 6.42 Å². The molecule has 0 aromatic rings. The minimum Gasteiger partial charge on any atom is -0.348 e. The van der Waals surface area contributed by atoms with Gasteiger partial charge in [-0.3, -0.25) is 9.59 Å². The highest BCUT2D eigenvalue weighted by Gasteiger charge is 2.39. The Labute approximate surface area is 114 Å². The number of hydrogen-bond donors (Lipinski definition) is 4. The lowest BCUT2D eigenvalue weighted by Crippen LogP contribution is -2.35. The molecule has 1 aliphatic carbocycles. The molecule has 0 aromatic heterocycles. The predicted molar refractivity (Wildman–Crippen MR) is 74.7 cm³/mol. The molecule has 110 valence electrons. The van der Waals surface area contributed by atoms with Crippen LogP contribution in [-0.4, -0.2) is 46.9 Å². The van der Waals surface area contributed by atoms with Gasteiger partial charge >= 0.3 is 0 Å². The molecule has 6 nitrogen and oxygen atoms in total. The molecular formula is C12H24N2O4P+. The number of hydrogen-bond acceptors (Lipinski definition) is 5. The predicted octanol–water partition coefficient (Wildman–Crippen LogP) is 0.0429. The largest absolute Gasteiger partial charge is 0.348 e. The maximum absolute atomic E-state index is 11.6. The lowest BCUT2D eigenvalue weighted by molar-refractivity contribution is -0.123. The molecule has 0 unspecified atom stereocenters. The summed E-state index contributed by atoms with van der Waals surface area (Å²) in [5.74, 6) is -0.445. The van der Waals surface area contributed by atoms with Gasteiger partial charge in [-0.15, -0.1) is 0 Å². The van der Waals surface area contributed by atoms with Crippen molar-refractivity contribution in [3.05, 3.63) is 0 Å². The third-order valence-electron chi connectivity index (χ3n) is 3.37. The molecular weight excluding hydrogens is 267 g/mol. The first kappa shape index (κ1) is 16.5. The average molecular weight is 291 g/mol. The number of nitrogens with two attached hydrogens (primary N) is 1. The van der Waals surface area contributed by atoms with E-state index in [4.69, 9.17) is 5.73 Å². The molecule has 1 fully saturated rings. The van der Waals surface area contributed by atoms with E-state index in [0.717, 1.165) is 25.7 Å². The standard InChI is InChI=1S/C12H23N2O4P/c13-6-12(16)14-7-11(15)9-19(17,18)8-10-4-2-1-3-5-10/h10,17-18H,1-9,13H2/p+1. The number of amides is 1. The molecule has 19 heavy (non-hydrogen) atoms. The Bertz CT molecular complexity index is 317. The van der Waals surface area contributed by atoms with Crippen molar-refractivity contribution in [2.75, 3.05) is 25.4 Å². The fourth-order valence-corrected chi connectivity index (χ4v) is 4.45. The maximum atomic E-state index is 11.6. The van der Waals surface area contributed by atoms with Crippen molar-refractivity contribution in [1.29, 1.82) is 0 Å². The van der Waals surface area contributed by atoms with Crippen LogP contribution in [0.15, 0.2) is 0 Å². The van der Waals surface area contributed by atoms with E-state index in [1.54, 1.807) is 0 Å². The first-order valence-electron chi connectivity index (χ1n) is 6.74. The number of carbonyl (C=O) groups excluding carboxylic acids is 2. The number of rotatable bonds is 7. The summed E-state index contributed by atoms with van der Waals surface area (Å²) in [7, 11) is -3.17. The number of carbonyl (C=O) groups is 2. The molecule has 0 saturated heterocycles. The van der Waals surface area contributed by atoms with E-state index in [2.05, 4.69) is 5.32 Å². The fourth-order valence-electron chi connectivity index (χ4n) is 2.46. The Morgan fingerprint density at radius 2 is 1.84 bits per heavy atom. The van der Waals surface area contributed by atoms with Crippen molar-refractivity contribution in [1.82, 2.24) is 5.32 Å². The van der Waals surface area contributed by atoms with Crippen LogP contribution in [-0.2, 0) is 9.59 Å². The molecule has 1 saturated carbocycles. The Morgan fingerprint density at radius 3 is 2.42 bits per heavy atom. The maximum Gasteiger partial charge on any atom is 0.275 e. The SMILES string of the molecule is NCC(=O)NCC(=O)C[P+](O)(O)CC1CCCCC1. The van der Waals surface area contributed by atoms with Gasteiger partial charge in [-0.2, -0.15) is 0 Å². The van der Waals surface area contributed by atoms with Gasteiger partial charge in [-0.25, -0.2) is 9.79 Å². The quantitative estimate of drug-likeness (QED) is 0.495. The monoisotopic (exact) mass is 291 g/mol. The van der Waals surface area contributed by atoms with Crippen molar-refractivity contribution in [2.24, 2.45) is 11.7 Å². The molecule has 7 heteroatoms. The van der Waals surface area contributed by atoms with Gasteiger partial charge in [-0.05, 0) is 18.8 Å². The topological polar surface area (TPSA) is 113 Å². The molecule has 0 spiro atoms. The fraction of sp³-hybridized carbons (Fsp3) is 0.833. The first-order valence-corrected chi connectivity index (χ1v) is 8.80. The van der Waals surface area contributed by atoms with Gasteiger partial charge in [0.2, 0.25) is 5.91 Å². The molecule has 1 amide bonds. The highest BCUT2D eigenvalue weighted by atomic mass is 31.2. The summed E-state index contributed by atoms with van der Waals surface area (Å²) in [6.07, 6.45) is 5.60. The zero-order chi connectivity index (χ0) is 14.3.